The molecule has 3 N–H and O–H groups in total. The van der Waals surface area contributed by atoms with Crippen LogP contribution in [-0.2, 0) is 6.54 Å². The van der Waals surface area contributed by atoms with E-state index in [9.17, 15) is 4.79 Å². The molecule has 0 aliphatic carbocycles. The highest BCUT2D eigenvalue weighted by molar-refractivity contribution is 6.30. The summed E-state index contributed by atoms with van der Waals surface area (Å²) in [5.74, 6) is 5.28. The average Bonchev–Trinajstić information content (AvgIpc) is 2.51. The second-order valence-corrected chi connectivity index (χ2v) is 4.65. The van der Waals surface area contributed by atoms with Crippen molar-refractivity contribution in [1.29, 1.82) is 0 Å². The molecule has 2 aromatic rings. The number of carbonyl (C=O) groups excluding carboxylic acids is 1. The number of pyridine rings is 1. The van der Waals surface area contributed by atoms with Crippen LogP contribution in [0.4, 0.5) is 0 Å². The number of benzene rings is 1. The van der Waals surface area contributed by atoms with E-state index in [-0.39, 0.29) is 12.5 Å². The summed E-state index contributed by atoms with van der Waals surface area (Å²) in [5, 5.41) is 3.43. The maximum atomic E-state index is 12.2. The SMILES string of the molecule is NCC#Cc1cccnc1C(=O)NCc1cccc(Cl)c1. The minimum atomic E-state index is -0.281. The van der Waals surface area contributed by atoms with Crippen LogP contribution in [0.25, 0.3) is 0 Å². The van der Waals surface area contributed by atoms with Crippen molar-refractivity contribution in [3.8, 4) is 11.8 Å². The molecule has 0 radical (unpaired) electrons. The first-order valence-corrected chi connectivity index (χ1v) is 6.75. The summed E-state index contributed by atoms with van der Waals surface area (Å²) in [6.45, 7) is 0.609. The van der Waals surface area contributed by atoms with Crippen LogP contribution in [0.2, 0.25) is 5.02 Å². The molecule has 1 heterocycles. The minimum absolute atomic E-state index is 0.235. The lowest BCUT2D eigenvalue weighted by molar-refractivity contribution is 0.0945. The maximum absolute atomic E-state index is 12.2. The molecule has 0 saturated heterocycles. The fourth-order valence-electron chi connectivity index (χ4n) is 1.75. The third kappa shape index (κ3) is 4.32. The van der Waals surface area contributed by atoms with Crippen molar-refractivity contribution in [1.82, 2.24) is 10.3 Å². The molecule has 1 aromatic carbocycles. The van der Waals surface area contributed by atoms with Gasteiger partial charge in [0.2, 0.25) is 0 Å². The number of carbonyl (C=O) groups is 1. The van der Waals surface area contributed by atoms with Gasteiger partial charge in [-0.1, -0.05) is 35.6 Å². The fourth-order valence-corrected chi connectivity index (χ4v) is 1.96. The number of aromatic nitrogens is 1. The Morgan fingerprint density at radius 2 is 2.19 bits per heavy atom. The number of nitrogens with one attached hydrogen (secondary N) is 1. The van der Waals surface area contributed by atoms with Crippen LogP contribution >= 0.6 is 11.6 Å². The van der Waals surface area contributed by atoms with Crippen molar-refractivity contribution >= 4 is 17.5 Å². The molecule has 21 heavy (non-hydrogen) atoms. The normalized spacial score (nSPS) is 9.62. The Balaban J connectivity index is 2.10. The van der Waals surface area contributed by atoms with Gasteiger partial charge in [0.15, 0.2) is 0 Å². The van der Waals surface area contributed by atoms with Gasteiger partial charge in [0.1, 0.15) is 5.69 Å². The van der Waals surface area contributed by atoms with Crippen LogP contribution in [0.15, 0.2) is 42.6 Å². The third-order valence-electron chi connectivity index (χ3n) is 2.69. The van der Waals surface area contributed by atoms with Gasteiger partial charge in [-0.3, -0.25) is 4.79 Å². The molecule has 2 rings (SSSR count). The van der Waals surface area contributed by atoms with Crippen molar-refractivity contribution in [2.45, 2.75) is 6.54 Å². The summed E-state index contributed by atoms with van der Waals surface area (Å²) in [5.41, 5.74) is 7.12. The molecule has 0 saturated carbocycles. The Hall–Kier alpha value is -2.35. The lowest BCUT2D eigenvalue weighted by Gasteiger charge is -2.06. The molecule has 0 aliphatic heterocycles. The van der Waals surface area contributed by atoms with E-state index in [2.05, 4.69) is 22.1 Å². The molecule has 0 aliphatic rings. The predicted octanol–water partition coefficient (Wildman–Crippen LogP) is 1.98. The van der Waals surface area contributed by atoms with Crippen molar-refractivity contribution < 1.29 is 4.79 Å². The van der Waals surface area contributed by atoms with E-state index in [1.165, 1.54) is 0 Å². The van der Waals surface area contributed by atoms with Gasteiger partial charge in [0, 0.05) is 17.8 Å². The lowest BCUT2D eigenvalue weighted by atomic mass is 10.1. The summed E-state index contributed by atoms with van der Waals surface area (Å²) >= 11 is 5.90. The molecule has 0 spiro atoms. The molecule has 0 atom stereocenters. The van der Waals surface area contributed by atoms with E-state index in [1.807, 2.05) is 12.1 Å². The van der Waals surface area contributed by atoms with Gasteiger partial charge in [0.25, 0.3) is 5.91 Å². The van der Waals surface area contributed by atoms with E-state index in [4.69, 9.17) is 17.3 Å². The van der Waals surface area contributed by atoms with E-state index in [0.29, 0.717) is 22.8 Å². The quantitative estimate of drug-likeness (QED) is 0.852. The maximum Gasteiger partial charge on any atom is 0.271 e. The van der Waals surface area contributed by atoms with Crippen LogP contribution in [0, 0.1) is 11.8 Å². The van der Waals surface area contributed by atoms with Gasteiger partial charge in [-0.05, 0) is 29.8 Å². The Kier molecular flexibility index (Phi) is 5.33. The third-order valence-corrected chi connectivity index (χ3v) is 2.93. The van der Waals surface area contributed by atoms with E-state index in [1.54, 1.807) is 30.5 Å². The monoisotopic (exact) mass is 299 g/mol. The number of nitrogens with zero attached hydrogens (tertiary/aromatic N) is 1. The van der Waals surface area contributed by atoms with E-state index >= 15 is 0 Å². The number of amides is 1. The highest BCUT2D eigenvalue weighted by atomic mass is 35.5. The molecule has 1 amide bonds. The molecule has 106 valence electrons. The standard InChI is InChI=1S/C16H14ClN3O/c17-14-7-1-4-12(10-14)11-20-16(21)15-13(5-2-8-18)6-3-9-19-15/h1,3-4,6-7,9-10H,8,11,18H2,(H,20,21). The van der Waals surface area contributed by atoms with Crippen molar-refractivity contribution in [3.05, 3.63) is 64.4 Å². The second kappa shape index (κ2) is 7.44. The van der Waals surface area contributed by atoms with Crippen molar-refractivity contribution in [2.75, 3.05) is 6.54 Å². The second-order valence-electron chi connectivity index (χ2n) is 4.22. The average molecular weight is 300 g/mol. The summed E-state index contributed by atoms with van der Waals surface area (Å²) < 4.78 is 0. The zero-order valence-electron chi connectivity index (χ0n) is 11.3. The van der Waals surface area contributed by atoms with Crippen LogP contribution in [0.5, 0.6) is 0 Å². The fraction of sp³-hybridized carbons (Fsp3) is 0.125. The van der Waals surface area contributed by atoms with Gasteiger partial charge >= 0.3 is 0 Å². The van der Waals surface area contributed by atoms with E-state index in [0.717, 1.165) is 5.56 Å². The molecule has 0 fully saturated rings. The number of rotatable bonds is 3. The van der Waals surface area contributed by atoms with E-state index < -0.39 is 0 Å². The molecule has 5 heteroatoms. The van der Waals surface area contributed by atoms with Gasteiger partial charge < -0.3 is 11.1 Å². The van der Waals surface area contributed by atoms with Gasteiger partial charge in [-0.2, -0.15) is 0 Å². The largest absolute Gasteiger partial charge is 0.347 e. The van der Waals surface area contributed by atoms with Crippen molar-refractivity contribution in [2.24, 2.45) is 5.73 Å². The predicted molar refractivity (Wildman–Crippen MR) is 82.8 cm³/mol. The van der Waals surface area contributed by atoms with Crippen LogP contribution in [-0.4, -0.2) is 17.4 Å². The number of nitrogens with two attached hydrogens (primary N) is 1. The van der Waals surface area contributed by atoms with Crippen LogP contribution < -0.4 is 11.1 Å². The summed E-state index contributed by atoms with van der Waals surface area (Å²) in [6, 6.07) is 10.8. The Labute approximate surface area is 128 Å². The summed E-state index contributed by atoms with van der Waals surface area (Å²) in [6.07, 6.45) is 1.56. The summed E-state index contributed by atoms with van der Waals surface area (Å²) in [4.78, 5) is 16.3. The Bertz CT molecular complexity index is 704. The topological polar surface area (TPSA) is 68.0 Å². The lowest BCUT2D eigenvalue weighted by Crippen LogP contribution is -2.24. The molecular formula is C16H14ClN3O. The van der Waals surface area contributed by atoms with Crippen LogP contribution in [0.3, 0.4) is 0 Å². The zero-order chi connectivity index (χ0) is 15.1. The van der Waals surface area contributed by atoms with Gasteiger partial charge in [-0.25, -0.2) is 4.98 Å². The van der Waals surface area contributed by atoms with Gasteiger partial charge in [0.05, 0.1) is 12.1 Å². The van der Waals surface area contributed by atoms with Crippen LogP contribution in [0.1, 0.15) is 21.6 Å². The number of hydrogen-bond donors (Lipinski definition) is 2. The molecule has 4 nitrogen and oxygen atoms in total. The minimum Gasteiger partial charge on any atom is -0.347 e. The molecule has 0 bridgehead atoms. The molecule has 0 unspecified atom stereocenters. The summed E-state index contributed by atoms with van der Waals surface area (Å²) in [7, 11) is 0. The van der Waals surface area contributed by atoms with Crippen molar-refractivity contribution in [3.63, 3.8) is 0 Å². The first-order chi connectivity index (χ1) is 10.2. The number of halogens is 1. The molecular weight excluding hydrogens is 286 g/mol. The number of hydrogen-bond acceptors (Lipinski definition) is 3. The Morgan fingerprint density at radius 3 is 2.95 bits per heavy atom. The Morgan fingerprint density at radius 1 is 1.33 bits per heavy atom. The first-order valence-electron chi connectivity index (χ1n) is 6.37. The highest BCUT2D eigenvalue weighted by Crippen LogP contribution is 2.10. The van der Waals surface area contributed by atoms with Gasteiger partial charge in [-0.15, -0.1) is 0 Å². The highest BCUT2D eigenvalue weighted by Gasteiger charge is 2.11. The smallest absolute Gasteiger partial charge is 0.271 e. The molecule has 1 aromatic heterocycles. The first kappa shape index (κ1) is 15.0. The zero-order valence-corrected chi connectivity index (χ0v) is 12.0.